The number of piperazine rings is 1. The second-order valence-electron chi connectivity index (χ2n) is 10.7. The van der Waals surface area contributed by atoms with Crippen LogP contribution in [0, 0.1) is 24.4 Å². The highest BCUT2D eigenvalue weighted by Gasteiger charge is 2.33. The van der Waals surface area contributed by atoms with Crippen molar-refractivity contribution in [3.8, 4) is 16.9 Å². The van der Waals surface area contributed by atoms with Crippen molar-refractivity contribution in [2.75, 3.05) is 24.5 Å². The number of pyridine rings is 2. The van der Waals surface area contributed by atoms with E-state index in [9.17, 15) is 26.8 Å². The first-order valence-corrected chi connectivity index (χ1v) is 15.3. The van der Waals surface area contributed by atoms with Crippen LogP contribution in [0.4, 0.5) is 19.0 Å². The van der Waals surface area contributed by atoms with Crippen LogP contribution in [0.15, 0.2) is 59.0 Å². The fourth-order valence-corrected chi connectivity index (χ4v) is 6.43. The largest absolute Gasteiger partial charge is 0.355 e. The van der Waals surface area contributed by atoms with Crippen molar-refractivity contribution in [1.82, 2.24) is 24.4 Å². The van der Waals surface area contributed by atoms with Gasteiger partial charge in [0.05, 0.1) is 21.9 Å². The summed E-state index contributed by atoms with van der Waals surface area (Å²) in [5.74, 6) is -3.53. The van der Waals surface area contributed by atoms with Crippen LogP contribution in [0.1, 0.15) is 26.3 Å². The molecule has 0 N–H and O–H groups in total. The molecule has 1 atom stereocenters. The van der Waals surface area contributed by atoms with Gasteiger partial charge in [-0.25, -0.2) is 40.9 Å². The molecule has 4 aromatic rings. The Kier molecular flexibility index (Phi) is 8.05. The number of aryl methyl sites for hydroxylation is 1. The smallest absolute Gasteiger partial charge is 0.350 e. The number of sulfone groups is 1. The zero-order valence-electron chi connectivity index (χ0n) is 24.4. The molecule has 1 aromatic carbocycles. The molecule has 1 aliphatic heterocycles. The zero-order chi connectivity index (χ0) is 32.1. The molecule has 10 nitrogen and oxygen atoms in total. The predicted octanol–water partition coefficient (Wildman–Crippen LogP) is 3.97. The van der Waals surface area contributed by atoms with Gasteiger partial charge >= 0.3 is 5.69 Å². The third-order valence-corrected chi connectivity index (χ3v) is 9.67. The Balaban J connectivity index is 1.87. The summed E-state index contributed by atoms with van der Waals surface area (Å²) in [4.78, 5) is 42.1. The van der Waals surface area contributed by atoms with E-state index in [0.717, 1.165) is 28.8 Å². The Morgan fingerprint density at radius 3 is 2.39 bits per heavy atom. The molecule has 1 fully saturated rings. The summed E-state index contributed by atoms with van der Waals surface area (Å²) in [6.45, 7) is 10.5. The Bertz CT molecular complexity index is 1980. The van der Waals surface area contributed by atoms with E-state index < -0.39 is 60.6 Å². The molecule has 0 radical (unpaired) electrons. The van der Waals surface area contributed by atoms with E-state index in [4.69, 9.17) is 0 Å². The lowest BCUT2D eigenvalue weighted by atomic mass is 10.1. The van der Waals surface area contributed by atoms with Crippen molar-refractivity contribution >= 4 is 32.6 Å². The summed E-state index contributed by atoms with van der Waals surface area (Å²) in [7, 11) is -4.08. The molecule has 4 heterocycles. The van der Waals surface area contributed by atoms with E-state index in [0.29, 0.717) is 5.56 Å². The van der Waals surface area contributed by atoms with Crippen LogP contribution in [0.25, 0.3) is 28.0 Å². The SMILES string of the molecule is C=CC(=O)N1CCN(c2nc(=O)n(-c3c(C)ccnc3S(=O)(=O)C(C)C)c3nc(-c4c(F)cccc4F)c(F)cc23)[C@@H](C)C1. The first-order valence-electron chi connectivity index (χ1n) is 13.7. The standard InChI is InChI=1S/C30H29F3N6O4S/c1-6-23(40)37-12-13-38(18(5)15-37)27-19-14-22(33)25(24-20(31)8-7-9-21(24)32)35-28(19)39(30(41)36-27)26-17(4)10-11-34-29(26)44(42,43)16(2)3/h6-11,14,16,18H,1,12-13,15H2,2-5H3/t18-/m0/s1. The van der Waals surface area contributed by atoms with Crippen LogP contribution in [-0.4, -0.2) is 69.7 Å². The average Bonchev–Trinajstić information content (AvgIpc) is 2.97. The van der Waals surface area contributed by atoms with E-state index >= 15 is 4.39 Å². The average molecular weight is 627 g/mol. The Morgan fingerprint density at radius 2 is 1.77 bits per heavy atom. The maximum Gasteiger partial charge on any atom is 0.355 e. The molecule has 1 amide bonds. The van der Waals surface area contributed by atoms with Gasteiger partial charge in [0, 0.05) is 31.9 Å². The molecule has 0 aliphatic carbocycles. The van der Waals surface area contributed by atoms with Crippen LogP contribution in [-0.2, 0) is 14.6 Å². The molecular weight excluding hydrogens is 597 g/mol. The van der Waals surface area contributed by atoms with Gasteiger partial charge in [-0.3, -0.25) is 4.79 Å². The van der Waals surface area contributed by atoms with Gasteiger partial charge in [-0.2, -0.15) is 4.98 Å². The lowest BCUT2D eigenvalue weighted by Gasteiger charge is -2.40. The minimum atomic E-state index is -4.08. The molecule has 1 saturated heterocycles. The highest BCUT2D eigenvalue weighted by Crippen LogP contribution is 2.35. The number of hydrogen-bond acceptors (Lipinski definition) is 8. The number of hydrogen-bond donors (Lipinski definition) is 0. The molecule has 0 unspecified atom stereocenters. The third-order valence-electron chi connectivity index (χ3n) is 7.59. The quantitative estimate of drug-likeness (QED) is 0.295. The fourth-order valence-electron chi connectivity index (χ4n) is 5.26. The van der Waals surface area contributed by atoms with Crippen LogP contribution in [0.5, 0.6) is 0 Å². The van der Waals surface area contributed by atoms with Crippen LogP contribution in [0.3, 0.4) is 0 Å². The number of halogens is 3. The van der Waals surface area contributed by atoms with Crippen molar-refractivity contribution < 1.29 is 26.4 Å². The number of carbonyl (C=O) groups excluding carboxylic acids is 1. The topological polar surface area (TPSA) is 118 Å². The van der Waals surface area contributed by atoms with Gasteiger partial charge in [0.1, 0.15) is 23.1 Å². The molecule has 0 bridgehead atoms. The molecule has 1 aliphatic rings. The molecule has 3 aromatic heterocycles. The van der Waals surface area contributed by atoms with Crippen LogP contribution < -0.4 is 10.6 Å². The fraction of sp³-hybridized carbons (Fsp3) is 0.300. The number of carbonyl (C=O) groups is 1. The van der Waals surface area contributed by atoms with Gasteiger partial charge in [-0.05, 0) is 63.6 Å². The highest BCUT2D eigenvalue weighted by atomic mass is 32.2. The molecule has 14 heteroatoms. The summed E-state index contributed by atoms with van der Waals surface area (Å²) in [5.41, 5.74) is -2.59. The molecule has 5 rings (SSSR count). The number of rotatable bonds is 6. The van der Waals surface area contributed by atoms with E-state index in [1.165, 1.54) is 32.2 Å². The second-order valence-corrected chi connectivity index (χ2v) is 13.2. The number of nitrogens with zero attached hydrogens (tertiary/aromatic N) is 6. The van der Waals surface area contributed by atoms with Crippen LogP contribution in [0.2, 0.25) is 0 Å². The van der Waals surface area contributed by atoms with E-state index in [-0.39, 0.29) is 48.1 Å². The summed E-state index contributed by atoms with van der Waals surface area (Å²) < 4.78 is 73.3. The highest BCUT2D eigenvalue weighted by molar-refractivity contribution is 7.92. The normalized spacial score (nSPS) is 15.7. The van der Waals surface area contributed by atoms with E-state index in [1.54, 1.807) is 23.6 Å². The van der Waals surface area contributed by atoms with Crippen molar-refractivity contribution in [3.63, 3.8) is 0 Å². The Hall–Kier alpha value is -4.59. The molecule has 230 valence electrons. The number of amides is 1. The second kappa shape index (κ2) is 11.5. The Morgan fingerprint density at radius 1 is 1.09 bits per heavy atom. The van der Waals surface area contributed by atoms with Crippen molar-refractivity contribution in [1.29, 1.82) is 0 Å². The van der Waals surface area contributed by atoms with E-state index in [1.807, 2.05) is 0 Å². The summed E-state index contributed by atoms with van der Waals surface area (Å²) in [6, 6.07) is 5.06. The molecule has 0 spiro atoms. The first kappa shape index (κ1) is 30.9. The lowest BCUT2D eigenvalue weighted by molar-refractivity contribution is -0.126. The van der Waals surface area contributed by atoms with Gasteiger partial charge in [-0.15, -0.1) is 0 Å². The van der Waals surface area contributed by atoms with Crippen molar-refractivity contribution in [3.05, 3.63) is 82.7 Å². The van der Waals surface area contributed by atoms with Crippen LogP contribution >= 0.6 is 0 Å². The molecule has 0 saturated carbocycles. The number of fused-ring (bicyclic) bond motifs is 1. The van der Waals surface area contributed by atoms with Gasteiger partial charge in [0.2, 0.25) is 5.91 Å². The van der Waals surface area contributed by atoms with E-state index in [2.05, 4.69) is 21.5 Å². The maximum atomic E-state index is 15.8. The molecule has 44 heavy (non-hydrogen) atoms. The minimum absolute atomic E-state index is 0.0150. The summed E-state index contributed by atoms with van der Waals surface area (Å²) in [6.07, 6.45) is 2.47. The van der Waals surface area contributed by atoms with Gasteiger partial charge in [0.25, 0.3) is 0 Å². The Labute approximate surface area is 251 Å². The number of anilines is 1. The summed E-state index contributed by atoms with van der Waals surface area (Å²) in [5, 5.41) is -1.37. The minimum Gasteiger partial charge on any atom is -0.350 e. The van der Waals surface area contributed by atoms with Crippen molar-refractivity contribution in [2.45, 2.75) is 44.0 Å². The zero-order valence-corrected chi connectivity index (χ0v) is 25.2. The van der Waals surface area contributed by atoms with Gasteiger partial charge in [0.15, 0.2) is 26.3 Å². The predicted molar refractivity (Wildman–Crippen MR) is 159 cm³/mol. The number of benzene rings is 1. The summed E-state index contributed by atoms with van der Waals surface area (Å²) >= 11 is 0. The third kappa shape index (κ3) is 5.12. The van der Waals surface area contributed by atoms with Gasteiger partial charge in [-0.1, -0.05) is 12.6 Å². The number of aromatic nitrogens is 4. The lowest BCUT2D eigenvalue weighted by Crippen LogP contribution is -2.54. The maximum absolute atomic E-state index is 15.8. The van der Waals surface area contributed by atoms with Crippen molar-refractivity contribution in [2.24, 2.45) is 0 Å². The monoisotopic (exact) mass is 626 g/mol. The van der Waals surface area contributed by atoms with Gasteiger partial charge < -0.3 is 9.80 Å². The first-order chi connectivity index (χ1) is 20.8. The molecular formula is C30H29F3N6O4S.